The largest absolute Gasteiger partial charge is 0.394 e. The molecule has 1 aliphatic heterocycles. The van der Waals surface area contributed by atoms with Crippen LogP contribution >= 0.6 is 0 Å². The number of carbonyl (C=O) groups excluding carboxylic acids is 5. The molecule has 0 radical (unpaired) electrons. The third-order valence-electron chi connectivity index (χ3n) is 5.73. The van der Waals surface area contributed by atoms with E-state index in [2.05, 4.69) is 26.6 Å². The molecule has 5 amide bonds. The molecule has 1 saturated heterocycles. The van der Waals surface area contributed by atoms with Crippen LogP contribution in [-0.4, -0.2) is 107 Å². The van der Waals surface area contributed by atoms with E-state index in [0.717, 1.165) is 0 Å². The number of amides is 5. The molecule has 1 heterocycles. The van der Waals surface area contributed by atoms with Gasteiger partial charge in [-0.2, -0.15) is 0 Å². The number of nitrogens with one attached hydrogen (secondary N) is 5. The highest BCUT2D eigenvalue weighted by Crippen LogP contribution is 2.05. The van der Waals surface area contributed by atoms with Crippen LogP contribution in [0, 0.1) is 0 Å². The number of hydrogen-bond acceptors (Lipinski definition) is 10. The molecule has 0 aromatic carbocycles. The zero-order valence-corrected chi connectivity index (χ0v) is 20.4. The zero-order valence-electron chi connectivity index (χ0n) is 20.4. The number of aliphatic hydroxyl groups is 3. The highest BCUT2D eigenvalue weighted by atomic mass is 16.3. The smallest absolute Gasteiger partial charge is 0.243 e. The molecular weight excluding hydrogens is 478 g/mol. The van der Waals surface area contributed by atoms with Crippen molar-refractivity contribution in [2.24, 2.45) is 11.5 Å². The Kier molecular flexibility index (Phi) is 13.9. The minimum Gasteiger partial charge on any atom is -0.394 e. The molecule has 0 bridgehead atoms. The van der Waals surface area contributed by atoms with Crippen molar-refractivity contribution in [1.29, 1.82) is 0 Å². The summed E-state index contributed by atoms with van der Waals surface area (Å²) in [4.78, 5) is 61.3. The van der Waals surface area contributed by atoms with E-state index < -0.39 is 73.2 Å². The normalized spacial score (nSPS) is 27.3. The van der Waals surface area contributed by atoms with Crippen LogP contribution in [0.4, 0.5) is 0 Å². The standard InChI is InChI=1S/C21H39N7O8/c1-11(31)14-8-25-16(10-30)21(36)26-13(20(35)28-15(9-29)18(23)33)4-2-3-7-24-17(32)6-5-12(22)19(34)27-14/h11-16,25,29-31H,2-10,22H2,1H3,(H2,23,33)(H,24,32)(H,26,36)(H,27,34)(H,28,35). The predicted octanol–water partition coefficient (Wildman–Crippen LogP) is -5.34. The van der Waals surface area contributed by atoms with Gasteiger partial charge in [0.05, 0.1) is 31.4 Å². The lowest BCUT2D eigenvalue weighted by Crippen LogP contribution is -2.59. The summed E-state index contributed by atoms with van der Waals surface area (Å²) in [7, 11) is 0. The van der Waals surface area contributed by atoms with Gasteiger partial charge in [-0.3, -0.25) is 24.0 Å². The Hall–Kier alpha value is -2.85. The first-order chi connectivity index (χ1) is 17.0. The molecule has 15 nitrogen and oxygen atoms in total. The summed E-state index contributed by atoms with van der Waals surface area (Å²) in [5.74, 6) is -3.38. The monoisotopic (exact) mass is 517 g/mol. The lowest BCUT2D eigenvalue weighted by molar-refractivity contribution is -0.133. The first kappa shape index (κ1) is 31.2. The molecule has 206 valence electrons. The molecule has 0 aromatic heterocycles. The molecule has 1 rings (SSSR count). The van der Waals surface area contributed by atoms with Gasteiger partial charge in [-0.15, -0.1) is 0 Å². The van der Waals surface area contributed by atoms with Crippen molar-refractivity contribution in [1.82, 2.24) is 26.6 Å². The molecule has 6 atom stereocenters. The van der Waals surface area contributed by atoms with Gasteiger partial charge in [0.25, 0.3) is 0 Å². The third-order valence-corrected chi connectivity index (χ3v) is 5.73. The number of nitrogens with two attached hydrogens (primary N) is 2. The molecule has 12 N–H and O–H groups in total. The van der Waals surface area contributed by atoms with Gasteiger partial charge in [0, 0.05) is 19.5 Å². The summed E-state index contributed by atoms with van der Waals surface area (Å²) in [5.41, 5.74) is 11.0. The molecule has 0 saturated carbocycles. The molecule has 1 aliphatic rings. The number of rotatable bonds is 6. The maximum atomic E-state index is 12.8. The van der Waals surface area contributed by atoms with E-state index >= 15 is 0 Å². The lowest BCUT2D eigenvalue weighted by Gasteiger charge is -2.27. The summed E-state index contributed by atoms with van der Waals surface area (Å²) in [6.45, 7) is 0.175. The van der Waals surface area contributed by atoms with Crippen LogP contribution in [0.3, 0.4) is 0 Å². The van der Waals surface area contributed by atoms with E-state index in [0.29, 0.717) is 12.8 Å². The van der Waals surface area contributed by atoms with Gasteiger partial charge < -0.3 is 53.4 Å². The van der Waals surface area contributed by atoms with E-state index in [1.807, 2.05) is 0 Å². The quantitative estimate of drug-likeness (QED) is 0.160. The van der Waals surface area contributed by atoms with E-state index in [1.165, 1.54) is 6.92 Å². The van der Waals surface area contributed by atoms with Crippen LogP contribution in [0.25, 0.3) is 0 Å². The third kappa shape index (κ3) is 10.8. The highest BCUT2D eigenvalue weighted by molar-refractivity contribution is 5.92. The molecule has 1 fully saturated rings. The topological polar surface area (TPSA) is 258 Å². The average Bonchev–Trinajstić information content (AvgIpc) is 2.83. The van der Waals surface area contributed by atoms with Crippen LogP contribution in [0.1, 0.15) is 39.0 Å². The Labute approximate surface area is 209 Å². The van der Waals surface area contributed by atoms with Crippen LogP contribution in [0.2, 0.25) is 0 Å². The maximum Gasteiger partial charge on any atom is 0.243 e. The second-order valence-electron chi connectivity index (χ2n) is 8.70. The molecule has 6 unspecified atom stereocenters. The second-order valence-corrected chi connectivity index (χ2v) is 8.70. The summed E-state index contributed by atoms with van der Waals surface area (Å²) in [6.07, 6.45) is 0.00698. The first-order valence-electron chi connectivity index (χ1n) is 11.9. The molecule has 36 heavy (non-hydrogen) atoms. The Morgan fingerprint density at radius 2 is 1.81 bits per heavy atom. The van der Waals surface area contributed by atoms with Crippen molar-refractivity contribution in [3.05, 3.63) is 0 Å². The van der Waals surface area contributed by atoms with Crippen molar-refractivity contribution in [3.63, 3.8) is 0 Å². The number of aliphatic hydroxyl groups excluding tert-OH is 3. The molecular formula is C21H39N7O8. The van der Waals surface area contributed by atoms with Gasteiger partial charge in [-0.05, 0) is 32.6 Å². The van der Waals surface area contributed by atoms with Crippen molar-refractivity contribution >= 4 is 29.5 Å². The molecule has 15 heteroatoms. The lowest BCUT2D eigenvalue weighted by atomic mass is 10.1. The Bertz CT molecular complexity index is 767. The van der Waals surface area contributed by atoms with E-state index in [4.69, 9.17) is 11.5 Å². The van der Waals surface area contributed by atoms with Crippen LogP contribution < -0.4 is 38.1 Å². The Morgan fingerprint density at radius 1 is 1.11 bits per heavy atom. The van der Waals surface area contributed by atoms with Crippen molar-refractivity contribution in [3.8, 4) is 0 Å². The molecule has 0 spiro atoms. The SMILES string of the molecule is CC(O)C1CNC(CO)C(=O)NC(C(=O)NC(CO)C(N)=O)CCCCNC(=O)CCC(N)C(=O)N1. The second kappa shape index (κ2) is 16.0. The van der Waals surface area contributed by atoms with Gasteiger partial charge >= 0.3 is 0 Å². The van der Waals surface area contributed by atoms with Gasteiger partial charge in [0.15, 0.2) is 0 Å². The fraction of sp³-hybridized carbons (Fsp3) is 0.762. The van der Waals surface area contributed by atoms with Crippen molar-refractivity contribution in [2.75, 3.05) is 26.3 Å². The summed E-state index contributed by atoms with van der Waals surface area (Å²) < 4.78 is 0. The number of primary amides is 1. The van der Waals surface area contributed by atoms with Crippen molar-refractivity contribution in [2.45, 2.75) is 75.3 Å². The summed E-state index contributed by atoms with van der Waals surface area (Å²) in [5, 5.41) is 41.8. The number of hydrogen-bond donors (Lipinski definition) is 10. The molecule has 0 aliphatic carbocycles. The van der Waals surface area contributed by atoms with Crippen LogP contribution in [-0.2, 0) is 24.0 Å². The Morgan fingerprint density at radius 3 is 2.39 bits per heavy atom. The van der Waals surface area contributed by atoms with Gasteiger partial charge in [-0.25, -0.2) is 0 Å². The van der Waals surface area contributed by atoms with E-state index in [9.17, 15) is 39.3 Å². The zero-order chi connectivity index (χ0) is 27.3. The maximum absolute atomic E-state index is 12.8. The summed E-state index contributed by atoms with van der Waals surface area (Å²) >= 11 is 0. The average molecular weight is 518 g/mol. The molecule has 0 aromatic rings. The Balaban J connectivity index is 3.05. The van der Waals surface area contributed by atoms with Gasteiger partial charge in [-0.1, -0.05) is 0 Å². The van der Waals surface area contributed by atoms with E-state index in [1.54, 1.807) is 0 Å². The van der Waals surface area contributed by atoms with Crippen molar-refractivity contribution < 1.29 is 39.3 Å². The summed E-state index contributed by atoms with van der Waals surface area (Å²) in [6, 6.07) is -5.56. The van der Waals surface area contributed by atoms with Crippen LogP contribution in [0.15, 0.2) is 0 Å². The van der Waals surface area contributed by atoms with E-state index in [-0.39, 0.29) is 38.3 Å². The van der Waals surface area contributed by atoms with Crippen LogP contribution in [0.5, 0.6) is 0 Å². The van der Waals surface area contributed by atoms with Gasteiger partial charge in [0.1, 0.15) is 18.1 Å². The minimum atomic E-state index is -1.35. The number of carbonyl (C=O) groups is 5. The first-order valence-corrected chi connectivity index (χ1v) is 11.9. The van der Waals surface area contributed by atoms with Gasteiger partial charge in [0.2, 0.25) is 29.5 Å². The predicted molar refractivity (Wildman–Crippen MR) is 127 cm³/mol. The fourth-order valence-electron chi connectivity index (χ4n) is 3.37. The highest BCUT2D eigenvalue weighted by Gasteiger charge is 2.29. The minimum absolute atomic E-state index is 0.00945. The fourth-order valence-corrected chi connectivity index (χ4v) is 3.37.